The summed E-state index contributed by atoms with van der Waals surface area (Å²) in [5, 5.41) is 28.1. The Labute approximate surface area is 338 Å². The lowest BCUT2D eigenvalue weighted by atomic mass is 10.0. The highest BCUT2D eigenvalue weighted by Gasteiger charge is 2.37. The zero-order chi connectivity index (χ0) is 39.4. The number of likely N-dealkylation sites (tertiary alicyclic amines) is 1. The number of halogens is 2. The number of ketones is 1. The van der Waals surface area contributed by atoms with Crippen LogP contribution < -0.4 is 10.6 Å². The number of aromatic nitrogens is 3. The number of nitrogens with one attached hydrogen (secondary N) is 2. The maximum absolute atomic E-state index is 12.6. The predicted octanol–water partition coefficient (Wildman–Crippen LogP) is 7.32. The Morgan fingerprint density at radius 2 is 1.81 bits per heavy atom. The van der Waals surface area contributed by atoms with Gasteiger partial charge in [0.25, 0.3) is 0 Å². The van der Waals surface area contributed by atoms with Crippen LogP contribution in [0.1, 0.15) is 54.0 Å². The SMILES string of the molecule is N#Cc1c2c(cc3nc(-c4cccc(-c5cccc(Nc6nccc7cc(CN8CC[C@@H](O)C8)cnc67)c5Cl)c4Cl)oc13)[C@@H](NCC(=O)CS(=O)(=O)C1CC1)CC2. The van der Waals surface area contributed by atoms with E-state index < -0.39 is 15.6 Å². The fraction of sp³-hybridized carbons (Fsp3) is 0.310. The van der Waals surface area contributed by atoms with Crippen LogP contribution in [0, 0.1) is 11.3 Å². The van der Waals surface area contributed by atoms with E-state index in [0.717, 1.165) is 35.0 Å². The van der Waals surface area contributed by atoms with Crippen molar-refractivity contribution in [2.75, 3.05) is 30.7 Å². The highest BCUT2D eigenvalue weighted by molar-refractivity contribution is 7.93. The number of β-amino-alcohol motifs (C(OH)–C–C–N with tert-alkyl or cyclic N) is 1. The lowest BCUT2D eigenvalue weighted by Crippen LogP contribution is -2.31. The monoisotopic (exact) mass is 821 g/mol. The van der Waals surface area contributed by atoms with Crippen molar-refractivity contribution in [1.82, 2.24) is 25.2 Å². The largest absolute Gasteiger partial charge is 0.435 e. The van der Waals surface area contributed by atoms with Gasteiger partial charge < -0.3 is 20.2 Å². The van der Waals surface area contributed by atoms with Crippen LogP contribution in [0.4, 0.5) is 11.5 Å². The van der Waals surface area contributed by atoms with E-state index in [-0.39, 0.29) is 35.6 Å². The van der Waals surface area contributed by atoms with Gasteiger partial charge in [-0.1, -0.05) is 47.5 Å². The number of carbonyl (C=O) groups excluding carboxylic acids is 1. The summed E-state index contributed by atoms with van der Waals surface area (Å²) in [5.74, 6) is -0.0489. The van der Waals surface area contributed by atoms with E-state index in [4.69, 9.17) is 37.6 Å². The number of oxazole rings is 1. The van der Waals surface area contributed by atoms with Gasteiger partial charge in [-0.15, -0.1) is 0 Å². The second-order valence-electron chi connectivity index (χ2n) is 15.0. The van der Waals surface area contributed by atoms with Crippen molar-refractivity contribution in [3.63, 3.8) is 0 Å². The first kappa shape index (κ1) is 37.6. The van der Waals surface area contributed by atoms with Crippen LogP contribution >= 0.6 is 23.2 Å². The van der Waals surface area contributed by atoms with Gasteiger partial charge in [0.05, 0.1) is 39.2 Å². The molecule has 1 saturated carbocycles. The number of rotatable bonds is 12. The molecule has 3 N–H and O–H groups in total. The van der Waals surface area contributed by atoms with E-state index in [1.807, 2.05) is 48.7 Å². The molecule has 0 amide bonds. The number of aliphatic hydroxyl groups excluding tert-OH is 1. The first-order valence-corrected chi connectivity index (χ1v) is 21.4. The molecule has 0 spiro atoms. The Morgan fingerprint density at radius 3 is 2.58 bits per heavy atom. The summed E-state index contributed by atoms with van der Waals surface area (Å²) in [6.07, 6.45) is 6.54. The quantitative estimate of drug-likeness (QED) is 0.112. The minimum atomic E-state index is -3.40. The molecule has 0 bridgehead atoms. The Morgan fingerprint density at radius 1 is 1.02 bits per heavy atom. The van der Waals surface area contributed by atoms with Crippen molar-refractivity contribution in [3.8, 4) is 28.7 Å². The number of sulfone groups is 1. The Balaban J connectivity index is 0.972. The summed E-state index contributed by atoms with van der Waals surface area (Å²) >= 11 is 14.2. The minimum Gasteiger partial charge on any atom is -0.435 e. The number of fused-ring (bicyclic) bond motifs is 3. The lowest BCUT2D eigenvalue weighted by molar-refractivity contribution is -0.116. The Kier molecular flexibility index (Phi) is 9.97. The predicted molar refractivity (Wildman–Crippen MR) is 219 cm³/mol. The molecule has 12 nitrogen and oxygen atoms in total. The van der Waals surface area contributed by atoms with E-state index in [0.29, 0.717) is 99.2 Å². The molecule has 2 aliphatic carbocycles. The molecular formula is C42H37Cl2N7O5S. The fourth-order valence-corrected chi connectivity index (χ4v) is 10.2. The van der Waals surface area contributed by atoms with Crippen LogP contribution in [0.3, 0.4) is 0 Å². The number of benzene rings is 3. The molecule has 6 aromatic rings. The highest BCUT2D eigenvalue weighted by atomic mass is 35.5. The minimum absolute atomic E-state index is 0.0795. The molecule has 1 aliphatic heterocycles. The van der Waals surface area contributed by atoms with Crippen molar-refractivity contribution in [3.05, 3.63) is 99.3 Å². The molecule has 3 aromatic heterocycles. The number of aliphatic hydroxyl groups is 1. The van der Waals surface area contributed by atoms with E-state index in [1.165, 1.54) is 0 Å². The van der Waals surface area contributed by atoms with Crippen LogP contribution in [-0.4, -0.2) is 75.9 Å². The standard InChI is InChI=1S/C42H37Cl2N7O5S/c43-37-29(30-4-2-6-35(38(30)44)49-41-39-24(11-13-46-41)15-23(18-48-39)20-51-14-12-25(52)21-51)3-1-5-31(37)42-50-36-16-32-28(33(17-45)40(36)56-42)9-10-34(32)47-19-26(53)22-57(54,55)27-7-8-27/h1-6,11,13,15-16,18,25,27,34,47,52H,7-10,12,14,19-22H2,(H,46,49)/t25-,34+/m1/s1. The van der Waals surface area contributed by atoms with E-state index in [9.17, 15) is 23.6 Å². The van der Waals surface area contributed by atoms with Crippen LogP contribution in [0.5, 0.6) is 0 Å². The van der Waals surface area contributed by atoms with Crippen molar-refractivity contribution in [2.24, 2.45) is 0 Å². The maximum Gasteiger partial charge on any atom is 0.228 e. The van der Waals surface area contributed by atoms with Gasteiger partial charge in [0.15, 0.2) is 27.0 Å². The normalized spacial score (nSPS) is 18.3. The number of Topliss-reactive ketones (excluding diaryl/α,β-unsaturated/α-hetero) is 1. The molecular weight excluding hydrogens is 785 g/mol. The third kappa shape index (κ3) is 7.38. The molecule has 15 heteroatoms. The third-order valence-corrected chi connectivity index (χ3v) is 14.0. The topological polar surface area (TPSA) is 174 Å². The molecule has 1 saturated heterocycles. The second-order valence-corrected chi connectivity index (χ2v) is 18.1. The molecule has 57 heavy (non-hydrogen) atoms. The van der Waals surface area contributed by atoms with Crippen LogP contribution in [-0.2, 0) is 27.6 Å². The lowest BCUT2D eigenvalue weighted by Gasteiger charge is -2.16. The van der Waals surface area contributed by atoms with Crippen molar-refractivity contribution < 1.29 is 22.7 Å². The number of hydrogen-bond donors (Lipinski definition) is 3. The summed E-state index contributed by atoms with van der Waals surface area (Å²) in [6, 6.07) is 19.0. The number of carbonyl (C=O) groups is 1. The molecule has 3 aliphatic rings. The number of pyridine rings is 2. The van der Waals surface area contributed by atoms with Gasteiger partial charge in [-0.2, -0.15) is 5.26 Å². The van der Waals surface area contributed by atoms with Crippen molar-refractivity contribution in [2.45, 2.75) is 56.0 Å². The van der Waals surface area contributed by atoms with E-state index >= 15 is 0 Å². The van der Waals surface area contributed by atoms with Gasteiger partial charge in [0, 0.05) is 54.6 Å². The first-order chi connectivity index (χ1) is 27.6. The zero-order valence-electron chi connectivity index (χ0n) is 30.6. The molecule has 4 heterocycles. The molecule has 290 valence electrons. The van der Waals surface area contributed by atoms with Gasteiger partial charge in [0.1, 0.15) is 28.4 Å². The molecule has 2 atom stereocenters. The number of hydrogen-bond acceptors (Lipinski definition) is 12. The average Bonchev–Trinajstić information content (AvgIpc) is 3.70. The molecule has 2 fully saturated rings. The van der Waals surface area contributed by atoms with Gasteiger partial charge >= 0.3 is 0 Å². The fourth-order valence-electron chi connectivity index (χ4n) is 8.02. The Hall–Kier alpha value is -4.94. The smallest absolute Gasteiger partial charge is 0.228 e. The Bertz CT molecular complexity index is 2750. The van der Waals surface area contributed by atoms with Gasteiger partial charge in [-0.05, 0) is 79.1 Å². The second kappa shape index (κ2) is 15.1. The van der Waals surface area contributed by atoms with Gasteiger partial charge in [0.2, 0.25) is 5.89 Å². The number of nitrogens with zero attached hydrogens (tertiary/aromatic N) is 5. The summed E-state index contributed by atoms with van der Waals surface area (Å²) in [4.78, 5) is 28.9. The van der Waals surface area contributed by atoms with Gasteiger partial charge in [-0.3, -0.25) is 14.7 Å². The van der Waals surface area contributed by atoms with Crippen LogP contribution in [0.25, 0.3) is 44.6 Å². The molecule has 3 aromatic carbocycles. The average molecular weight is 823 g/mol. The summed E-state index contributed by atoms with van der Waals surface area (Å²) in [6.45, 7) is 2.14. The van der Waals surface area contributed by atoms with Gasteiger partial charge in [-0.25, -0.2) is 18.4 Å². The molecule has 9 rings (SSSR count). The molecule has 0 radical (unpaired) electrons. The summed E-state index contributed by atoms with van der Waals surface area (Å²) < 4.78 is 30.9. The zero-order valence-corrected chi connectivity index (χ0v) is 33.0. The van der Waals surface area contributed by atoms with Crippen molar-refractivity contribution in [1.29, 1.82) is 5.26 Å². The molecule has 0 unspecified atom stereocenters. The maximum atomic E-state index is 12.6. The van der Waals surface area contributed by atoms with Crippen LogP contribution in [0.2, 0.25) is 10.0 Å². The first-order valence-electron chi connectivity index (χ1n) is 18.9. The van der Waals surface area contributed by atoms with E-state index in [1.54, 1.807) is 12.3 Å². The number of nitriles is 1. The van der Waals surface area contributed by atoms with Crippen LogP contribution in [0.15, 0.2) is 71.4 Å². The summed E-state index contributed by atoms with van der Waals surface area (Å²) in [5.41, 5.74) is 7.04. The third-order valence-electron chi connectivity index (χ3n) is 11.0. The highest BCUT2D eigenvalue weighted by Crippen LogP contribution is 2.44. The number of anilines is 2. The summed E-state index contributed by atoms with van der Waals surface area (Å²) in [7, 11) is -3.40. The van der Waals surface area contributed by atoms with Crippen molar-refractivity contribution >= 4 is 72.3 Å². The van der Waals surface area contributed by atoms with E-state index in [2.05, 4.69) is 32.7 Å².